The van der Waals surface area contributed by atoms with E-state index in [2.05, 4.69) is 15.4 Å². The first-order valence-electron chi connectivity index (χ1n) is 8.14. The standard InChI is InChI=1S/C20H15ClN4O/c21-15-5-7-16(8-6-15)23-20-18-4-2-1-3-17(18)19(25(26)24-20)13-14-9-11-22-12-10-14/h1-12H,13H2,(H,23,24). The lowest BCUT2D eigenvalue weighted by Gasteiger charge is -2.11. The van der Waals surface area contributed by atoms with Crippen LogP contribution in [0.2, 0.25) is 5.02 Å². The highest BCUT2D eigenvalue weighted by molar-refractivity contribution is 6.30. The summed E-state index contributed by atoms with van der Waals surface area (Å²) in [6.07, 6.45) is 3.92. The van der Waals surface area contributed by atoms with Gasteiger partial charge in [-0.3, -0.25) is 4.98 Å². The lowest BCUT2D eigenvalue weighted by atomic mass is 10.0. The van der Waals surface area contributed by atoms with Gasteiger partial charge in [-0.05, 0) is 48.0 Å². The third-order valence-electron chi connectivity index (χ3n) is 4.14. The molecule has 6 heteroatoms. The van der Waals surface area contributed by atoms with Gasteiger partial charge in [-0.1, -0.05) is 34.6 Å². The summed E-state index contributed by atoms with van der Waals surface area (Å²) >= 11 is 5.93. The van der Waals surface area contributed by atoms with E-state index in [0.29, 0.717) is 27.8 Å². The van der Waals surface area contributed by atoms with Crippen molar-refractivity contribution in [2.75, 3.05) is 5.32 Å². The molecular formula is C20H15ClN4O. The van der Waals surface area contributed by atoms with Gasteiger partial charge < -0.3 is 10.5 Å². The molecule has 0 amide bonds. The summed E-state index contributed by atoms with van der Waals surface area (Å²) in [5.74, 6) is 0.511. The molecule has 0 saturated heterocycles. The second kappa shape index (κ2) is 6.98. The van der Waals surface area contributed by atoms with Gasteiger partial charge in [-0.15, -0.1) is 0 Å². The number of benzene rings is 2. The van der Waals surface area contributed by atoms with Crippen LogP contribution in [-0.4, -0.2) is 10.1 Å². The van der Waals surface area contributed by atoms with E-state index in [-0.39, 0.29) is 0 Å². The molecule has 2 aromatic carbocycles. The molecule has 0 fully saturated rings. The van der Waals surface area contributed by atoms with Crippen molar-refractivity contribution in [1.82, 2.24) is 10.1 Å². The zero-order chi connectivity index (χ0) is 17.9. The Morgan fingerprint density at radius 1 is 0.923 bits per heavy atom. The summed E-state index contributed by atoms with van der Waals surface area (Å²) in [5.41, 5.74) is 2.43. The van der Waals surface area contributed by atoms with Crippen molar-refractivity contribution in [3.05, 3.63) is 94.5 Å². The number of rotatable bonds is 4. The largest absolute Gasteiger partial charge is 0.594 e. The van der Waals surface area contributed by atoms with Crippen molar-refractivity contribution in [2.45, 2.75) is 6.42 Å². The molecule has 0 aliphatic rings. The summed E-state index contributed by atoms with van der Waals surface area (Å²) in [5, 5.41) is 22.5. The lowest BCUT2D eigenvalue weighted by Crippen LogP contribution is -2.37. The maximum absolute atomic E-state index is 12.6. The van der Waals surface area contributed by atoms with Crippen molar-refractivity contribution >= 4 is 33.9 Å². The van der Waals surface area contributed by atoms with Gasteiger partial charge in [0.2, 0.25) is 11.5 Å². The number of nitrogens with zero attached hydrogens (tertiary/aromatic N) is 3. The van der Waals surface area contributed by atoms with Crippen LogP contribution >= 0.6 is 11.6 Å². The van der Waals surface area contributed by atoms with Crippen molar-refractivity contribution in [3.8, 4) is 0 Å². The number of pyridine rings is 1. The van der Waals surface area contributed by atoms with Crippen LogP contribution in [0.3, 0.4) is 0 Å². The maximum Gasteiger partial charge on any atom is 0.234 e. The topological polar surface area (TPSA) is 64.8 Å². The molecule has 1 N–H and O–H groups in total. The summed E-state index contributed by atoms with van der Waals surface area (Å²) in [4.78, 5) is 4.71. The first-order valence-corrected chi connectivity index (χ1v) is 8.51. The molecule has 4 rings (SSSR count). The quantitative estimate of drug-likeness (QED) is 0.435. The molecule has 0 aliphatic carbocycles. The molecule has 0 aliphatic heterocycles. The molecule has 26 heavy (non-hydrogen) atoms. The zero-order valence-corrected chi connectivity index (χ0v) is 14.5. The average molecular weight is 363 g/mol. The second-order valence-electron chi connectivity index (χ2n) is 5.88. The van der Waals surface area contributed by atoms with Gasteiger partial charge in [-0.25, -0.2) is 0 Å². The summed E-state index contributed by atoms with van der Waals surface area (Å²) < 4.78 is 0. The molecule has 128 valence electrons. The maximum atomic E-state index is 12.6. The molecule has 5 nitrogen and oxygen atoms in total. The van der Waals surface area contributed by atoms with E-state index >= 15 is 0 Å². The average Bonchev–Trinajstić information content (AvgIpc) is 2.67. The molecule has 4 aromatic rings. The monoisotopic (exact) mass is 362 g/mol. The van der Waals surface area contributed by atoms with Crippen molar-refractivity contribution < 1.29 is 4.85 Å². The van der Waals surface area contributed by atoms with E-state index in [4.69, 9.17) is 11.6 Å². The fourth-order valence-corrected chi connectivity index (χ4v) is 2.99. The zero-order valence-electron chi connectivity index (χ0n) is 13.8. The van der Waals surface area contributed by atoms with Gasteiger partial charge in [0, 0.05) is 33.6 Å². The van der Waals surface area contributed by atoms with Gasteiger partial charge in [0.15, 0.2) is 0 Å². The van der Waals surface area contributed by atoms with Gasteiger partial charge >= 0.3 is 0 Å². The van der Waals surface area contributed by atoms with Gasteiger partial charge in [0.1, 0.15) is 0 Å². The Labute approximate surface area is 155 Å². The van der Waals surface area contributed by atoms with Crippen LogP contribution < -0.4 is 10.2 Å². The van der Waals surface area contributed by atoms with Gasteiger partial charge in [0.25, 0.3) is 0 Å². The lowest BCUT2D eigenvalue weighted by molar-refractivity contribution is -0.673. The molecule has 0 atom stereocenters. The van der Waals surface area contributed by atoms with Crippen LogP contribution in [0.15, 0.2) is 73.1 Å². The highest BCUT2D eigenvalue weighted by atomic mass is 35.5. The van der Waals surface area contributed by atoms with Gasteiger partial charge in [-0.2, -0.15) is 0 Å². The highest BCUT2D eigenvalue weighted by Gasteiger charge is 2.18. The van der Waals surface area contributed by atoms with Crippen LogP contribution in [0, 0.1) is 5.21 Å². The van der Waals surface area contributed by atoms with Gasteiger partial charge in [0.05, 0.1) is 11.8 Å². The predicted octanol–water partition coefficient (Wildman–Crippen LogP) is 4.25. The number of hydrogen-bond donors (Lipinski definition) is 1. The van der Waals surface area contributed by atoms with E-state index < -0.39 is 0 Å². The number of aromatic nitrogens is 3. The van der Waals surface area contributed by atoms with Crippen LogP contribution in [0.1, 0.15) is 11.3 Å². The van der Waals surface area contributed by atoms with Crippen molar-refractivity contribution in [1.29, 1.82) is 0 Å². The Hall–Kier alpha value is -3.18. The summed E-state index contributed by atoms with van der Waals surface area (Å²) in [6, 6.07) is 18.8. The molecule has 0 saturated carbocycles. The molecule has 2 heterocycles. The Kier molecular flexibility index (Phi) is 4.37. The van der Waals surface area contributed by atoms with E-state index in [0.717, 1.165) is 22.0 Å². The summed E-state index contributed by atoms with van der Waals surface area (Å²) in [7, 11) is 0. The third-order valence-corrected chi connectivity index (χ3v) is 4.39. The fraction of sp³-hybridized carbons (Fsp3) is 0.0500. The minimum absolute atomic E-state index is 0.487. The van der Waals surface area contributed by atoms with Crippen molar-refractivity contribution in [2.24, 2.45) is 0 Å². The molecule has 0 bridgehead atoms. The Morgan fingerprint density at radius 2 is 1.62 bits per heavy atom. The molecule has 0 spiro atoms. The van der Waals surface area contributed by atoms with Crippen LogP contribution in [0.25, 0.3) is 10.8 Å². The number of halogens is 1. The van der Waals surface area contributed by atoms with E-state index in [9.17, 15) is 5.21 Å². The molecule has 0 radical (unpaired) electrons. The number of hydrogen-bond acceptors (Lipinski definition) is 4. The van der Waals surface area contributed by atoms with E-state index in [1.165, 1.54) is 0 Å². The number of nitrogens with one attached hydrogen (secondary N) is 1. The third kappa shape index (κ3) is 3.30. The van der Waals surface area contributed by atoms with E-state index in [1.807, 2.05) is 48.5 Å². The summed E-state index contributed by atoms with van der Waals surface area (Å²) in [6.45, 7) is 0. The minimum Gasteiger partial charge on any atom is -0.594 e. The van der Waals surface area contributed by atoms with Crippen LogP contribution in [0.4, 0.5) is 11.5 Å². The van der Waals surface area contributed by atoms with Crippen molar-refractivity contribution in [3.63, 3.8) is 0 Å². The minimum atomic E-state index is 0.487. The Balaban J connectivity index is 1.79. The van der Waals surface area contributed by atoms with Crippen LogP contribution in [-0.2, 0) is 6.42 Å². The first kappa shape index (κ1) is 16.3. The van der Waals surface area contributed by atoms with E-state index in [1.54, 1.807) is 24.5 Å². The molecule has 2 aromatic heterocycles. The smallest absolute Gasteiger partial charge is 0.234 e. The second-order valence-corrected chi connectivity index (χ2v) is 6.31. The molecular weight excluding hydrogens is 348 g/mol. The molecule has 0 unspecified atom stereocenters. The highest BCUT2D eigenvalue weighted by Crippen LogP contribution is 2.26. The van der Waals surface area contributed by atoms with Crippen LogP contribution in [0.5, 0.6) is 0 Å². The first-order chi connectivity index (χ1) is 12.7. The normalized spacial score (nSPS) is 10.8. The Bertz CT molecular complexity index is 1050. The number of anilines is 2. The predicted molar refractivity (Wildman–Crippen MR) is 102 cm³/mol. The fourth-order valence-electron chi connectivity index (χ4n) is 2.87. The SMILES string of the molecule is [O-][n+]1nc(Nc2ccc(Cl)cc2)c2ccccc2c1Cc1ccncc1. The Morgan fingerprint density at radius 3 is 2.35 bits per heavy atom. The number of fused-ring (bicyclic) bond motifs is 1.